The third-order valence-electron chi connectivity index (χ3n) is 12.5. The van der Waals surface area contributed by atoms with E-state index in [0.717, 1.165) is 10.5 Å². The van der Waals surface area contributed by atoms with E-state index in [-0.39, 0.29) is 29.3 Å². The number of amides is 2. The Morgan fingerprint density at radius 2 is 1.44 bits per heavy atom. The van der Waals surface area contributed by atoms with Crippen LogP contribution in [0.2, 0.25) is 0 Å². The van der Waals surface area contributed by atoms with Crippen LogP contribution < -0.4 is 4.90 Å². The molecule has 14 nitrogen and oxygen atoms in total. The fraction of sp³-hybridized carbons (Fsp3) is 0.192. The van der Waals surface area contributed by atoms with Gasteiger partial charge in [-0.2, -0.15) is 0 Å². The van der Waals surface area contributed by atoms with Gasteiger partial charge >= 0.3 is 18.0 Å². The number of aliphatic carboxylic acids is 1. The molecule has 0 aliphatic carbocycles. The maximum absolute atomic E-state index is 16.0. The van der Waals surface area contributed by atoms with E-state index in [0.29, 0.717) is 40.9 Å². The van der Waals surface area contributed by atoms with E-state index in [2.05, 4.69) is 11.8 Å². The number of aromatic hydroxyl groups is 1. The third-order valence-corrected chi connectivity index (χ3v) is 12.5. The highest BCUT2D eigenvalue weighted by Gasteiger charge is 2.76. The second kappa shape index (κ2) is 17.8. The molecule has 330 valence electrons. The summed E-state index contributed by atoms with van der Waals surface area (Å²) in [5, 5.41) is 33.5. The quantitative estimate of drug-likeness (QED) is 0.0590. The second-order valence-corrected chi connectivity index (χ2v) is 16.5. The molecule has 2 N–H and O–H groups in total. The standard InChI is InChI=1S/C52H42N4O10/c1-53(31-34-12-5-2-6-13-34)29-11-14-33-21-28-42-41(30-33)52(50(61)54(42)51(62)65-32-35-19-24-39(25-20-35)56(63)64)43(48(58)59)45-49(60)66-46(37-17-9-4-10-18-37)44(36-15-7-3-8-16-36)55(45)47(52)38-22-26-40(57)27-23-38/h2-10,12-13,15-28,30,43-47,57H,29,31-32H2,1H3,(H,58,59). The van der Waals surface area contributed by atoms with Gasteiger partial charge in [0.25, 0.3) is 5.69 Å². The monoisotopic (exact) mass is 882 g/mol. The van der Waals surface area contributed by atoms with Crippen molar-refractivity contribution < 1.29 is 43.8 Å². The zero-order chi connectivity index (χ0) is 46.1. The smallest absolute Gasteiger partial charge is 0.421 e. The number of benzene rings is 6. The van der Waals surface area contributed by atoms with Crippen LogP contribution in [0.15, 0.2) is 158 Å². The number of carbonyl (C=O) groups is 4. The van der Waals surface area contributed by atoms with Gasteiger partial charge in [0.05, 0.1) is 29.2 Å². The zero-order valence-electron chi connectivity index (χ0n) is 35.5. The Kier molecular flexibility index (Phi) is 11.6. The van der Waals surface area contributed by atoms with Gasteiger partial charge in [0.1, 0.15) is 35.8 Å². The molecule has 0 bridgehead atoms. The van der Waals surface area contributed by atoms with Crippen LogP contribution >= 0.6 is 0 Å². The molecule has 2 saturated heterocycles. The SMILES string of the molecule is CN(CC#Cc1ccc2c(c1)C1(C(=O)N2C(=O)OCc2ccc([N+](=O)[O-])cc2)C(C(=O)O)C2C(=O)OC(c3ccccc3)C(c3ccccc3)N2C1c1ccc(O)cc1)Cc1ccccc1. The summed E-state index contributed by atoms with van der Waals surface area (Å²) in [6.07, 6.45) is -2.12. The van der Waals surface area contributed by atoms with Gasteiger partial charge in [0, 0.05) is 24.2 Å². The summed E-state index contributed by atoms with van der Waals surface area (Å²) in [6.45, 7) is 0.595. The first kappa shape index (κ1) is 43.1. The molecular weight excluding hydrogens is 841 g/mol. The second-order valence-electron chi connectivity index (χ2n) is 16.5. The number of carboxylic acid groups (broad SMARTS) is 1. The summed E-state index contributed by atoms with van der Waals surface area (Å²) >= 11 is 0. The van der Waals surface area contributed by atoms with Gasteiger partial charge in [-0.25, -0.2) is 9.69 Å². The molecule has 66 heavy (non-hydrogen) atoms. The molecule has 14 heteroatoms. The molecule has 2 amide bonds. The maximum Gasteiger partial charge on any atom is 0.421 e. The van der Waals surface area contributed by atoms with E-state index in [1.54, 1.807) is 41.3 Å². The molecule has 6 aromatic rings. The van der Waals surface area contributed by atoms with E-state index in [1.165, 1.54) is 42.5 Å². The molecule has 3 aliphatic heterocycles. The number of anilines is 1. The van der Waals surface area contributed by atoms with Crippen LogP contribution in [0.25, 0.3) is 0 Å². The van der Waals surface area contributed by atoms with Gasteiger partial charge < -0.3 is 19.7 Å². The minimum atomic E-state index is -2.23. The largest absolute Gasteiger partial charge is 0.508 e. The number of phenols is 1. The van der Waals surface area contributed by atoms with Crippen molar-refractivity contribution in [3.63, 3.8) is 0 Å². The first-order valence-corrected chi connectivity index (χ1v) is 21.2. The van der Waals surface area contributed by atoms with Crippen molar-refractivity contribution in [1.82, 2.24) is 9.80 Å². The van der Waals surface area contributed by atoms with Crippen molar-refractivity contribution in [2.75, 3.05) is 18.5 Å². The number of non-ortho nitro benzene ring substituents is 1. The maximum atomic E-state index is 16.0. The first-order chi connectivity index (χ1) is 32.0. The van der Waals surface area contributed by atoms with Crippen LogP contribution in [-0.4, -0.2) is 68.5 Å². The van der Waals surface area contributed by atoms with Crippen molar-refractivity contribution in [2.45, 2.75) is 42.8 Å². The lowest BCUT2D eigenvalue weighted by Gasteiger charge is -2.46. The number of carboxylic acids is 1. The van der Waals surface area contributed by atoms with Crippen LogP contribution in [0.1, 0.15) is 57.1 Å². The summed E-state index contributed by atoms with van der Waals surface area (Å²) in [5.41, 5.74) is 1.33. The van der Waals surface area contributed by atoms with E-state index in [9.17, 15) is 34.7 Å². The number of fused-ring (bicyclic) bond motifs is 3. The molecule has 2 fully saturated rings. The van der Waals surface area contributed by atoms with E-state index >= 15 is 4.79 Å². The number of hydrogen-bond donors (Lipinski definition) is 2. The molecule has 0 aromatic heterocycles. The van der Waals surface area contributed by atoms with Crippen molar-refractivity contribution in [2.24, 2.45) is 5.92 Å². The van der Waals surface area contributed by atoms with Crippen LogP contribution in [0.5, 0.6) is 5.75 Å². The summed E-state index contributed by atoms with van der Waals surface area (Å²) in [7, 11) is 1.93. The normalized spacial score (nSPS) is 22.0. The number of nitrogens with zero attached hydrogens (tertiary/aromatic N) is 4. The third kappa shape index (κ3) is 7.70. The Morgan fingerprint density at radius 3 is 2.08 bits per heavy atom. The Hall–Kier alpha value is -8.12. The van der Waals surface area contributed by atoms with Gasteiger partial charge in [-0.15, -0.1) is 0 Å². The molecule has 9 rings (SSSR count). The molecular formula is C52H42N4O10. The van der Waals surface area contributed by atoms with Crippen molar-refractivity contribution in [3.8, 4) is 17.6 Å². The highest BCUT2D eigenvalue weighted by molar-refractivity contribution is 6.23. The number of rotatable bonds is 10. The number of ether oxygens (including phenoxy) is 2. The number of phenolic OH excluding ortho intramolecular Hbond substituents is 1. The Bertz CT molecular complexity index is 2890. The average molecular weight is 883 g/mol. The highest BCUT2D eigenvalue weighted by Crippen LogP contribution is 2.66. The number of cyclic esters (lactones) is 1. The Balaban J connectivity index is 1.23. The predicted octanol–water partition coefficient (Wildman–Crippen LogP) is 7.87. The lowest BCUT2D eigenvalue weighted by Crippen LogP contribution is -2.53. The Morgan fingerprint density at radius 1 is 0.803 bits per heavy atom. The summed E-state index contributed by atoms with van der Waals surface area (Å²) < 4.78 is 12.1. The van der Waals surface area contributed by atoms with Gasteiger partial charge in [-0.3, -0.25) is 34.3 Å². The van der Waals surface area contributed by atoms with Crippen LogP contribution in [-0.2, 0) is 42.4 Å². The van der Waals surface area contributed by atoms with Crippen LogP contribution in [0.3, 0.4) is 0 Å². The van der Waals surface area contributed by atoms with Gasteiger partial charge in [0.15, 0.2) is 0 Å². The predicted molar refractivity (Wildman–Crippen MR) is 241 cm³/mol. The minimum absolute atomic E-state index is 0.0274. The molecule has 0 saturated carbocycles. The number of hydrogen-bond acceptors (Lipinski definition) is 11. The molecule has 3 aliphatic rings. The summed E-state index contributed by atoms with van der Waals surface area (Å²) in [5.74, 6) is 1.09. The number of nitro groups is 1. The minimum Gasteiger partial charge on any atom is -0.508 e. The highest BCUT2D eigenvalue weighted by atomic mass is 16.6. The average Bonchev–Trinajstić information content (AvgIpc) is 3.78. The fourth-order valence-electron chi connectivity index (χ4n) is 9.75. The van der Waals surface area contributed by atoms with E-state index in [4.69, 9.17) is 9.47 Å². The lowest BCUT2D eigenvalue weighted by atomic mass is 9.65. The first-order valence-electron chi connectivity index (χ1n) is 21.2. The topological polar surface area (TPSA) is 180 Å². The van der Waals surface area contributed by atoms with Gasteiger partial charge in [-0.05, 0) is 82.9 Å². The van der Waals surface area contributed by atoms with Crippen molar-refractivity contribution >= 4 is 35.3 Å². The van der Waals surface area contributed by atoms with Crippen molar-refractivity contribution in [3.05, 3.63) is 207 Å². The molecule has 3 heterocycles. The molecule has 6 aromatic carbocycles. The number of imide groups is 1. The number of esters is 1. The van der Waals surface area contributed by atoms with Crippen LogP contribution in [0, 0.1) is 27.9 Å². The molecule has 0 radical (unpaired) electrons. The summed E-state index contributed by atoms with van der Waals surface area (Å²) in [6, 6.07) is 40.5. The van der Waals surface area contributed by atoms with E-state index in [1.807, 2.05) is 90.8 Å². The molecule has 1 spiro atoms. The van der Waals surface area contributed by atoms with Gasteiger partial charge in [0.2, 0.25) is 5.91 Å². The number of nitro benzene ring substituents is 1. The molecule has 6 unspecified atom stereocenters. The number of carbonyl (C=O) groups excluding carboxylic acids is 3. The van der Waals surface area contributed by atoms with E-state index < -0.39 is 64.4 Å². The zero-order valence-corrected chi connectivity index (χ0v) is 35.5. The van der Waals surface area contributed by atoms with Crippen molar-refractivity contribution in [1.29, 1.82) is 0 Å². The van der Waals surface area contributed by atoms with Gasteiger partial charge in [-0.1, -0.05) is 115 Å². The lowest BCUT2D eigenvalue weighted by molar-refractivity contribution is -0.384. The molecule has 6 atom stereocenters. The number of morpholine rings is 1. The Labute approximate surface area is 379 Å². The van der Waals surface area contributed by atoms with Crippen LogP contribution in [0.4, 0.5) is 16.2 Å². The summed E-state index contributed by atoms with van der Waals surface area (Å²) in [4.78, 5) is 74.9. The fourth-order valence-corrected chi connectivity index (χ4v) is 9.75.